The topological polar surface area (TPSA) is 98.1 Å². The van der Waals surface area contributed by atoms with Gasteiger partial charge >= 0.3 is 0 Å². The Morgan fingerprint density at radius 3 is 2.30 bits per heavy atom. The number of rotatable bonds is 9. The molecule has 208 valence electrons. The van der Waals surface area contributed by atoms with Crippen molar-refractivity contribution in [3.63, 3.8) is 0 Å². The Bertz CT molecular complexity index is 1490. The van der Waals surface area contributed by atoms with E-state index in [0.29, 0.717) is 22.2 Å². The number of anilines is 1. The van der Waals surface area contributed by atoms with Gasteiger partial charge in [0.1, 0.15) is 5.75 Å². The first-order chi connectivity index (χ1) is 19.0. The minimum Gasteiger partial charge on any atom is -0.497 e. The normalized spacial score (nSPS) is 11.2. The molecule has 0 atom stereocenters. The minimum absolute atomic E-state index is 0.0106. The van der Waals surface area contributed by atoms with Gasteiger partial charge in [-0.2, -0.15) is 0 Å². The third kappa shape index (κ3) is 7.09. The molecule has 2 amide bonds. The zero-order valence-corrected chi connectivity index (χ0v) is 24.6. The van der Waals surface area contributed by atoms with Crippen LogP contribution in [0.25, 0.3) is 5.69 Å². The molecule has 4 aromatic rings. The molecule has 8 nitrogen and oxygen atoms in total. The molecule has 2 N–H and O–H groups in total. The maximum Gasteiger partial charge on any atom is 0.251 e. The smallest absolute Gasteiger partial charge is 0.251 e. The summed E-state index contributed by atoms with van der Waals surface area (Å²) in [6, 6.07) is 20.9. The summed E-state index contributed by atoms with van der Waals surface area (Å²) in [6.07, 6.45) is 0. The first-order valence-corrected chi connectivity index (χ1v) is 14.0. The van der Waals surface area contributed by atoms with Gasteiger partial charge in [-0.05, 0) is 78.4 Å². The molecular weight excluding hydrogens is 522 g/mol. The van der Waals surface area contributed by atoms with Crippen LogP contribution in [-0.4, -0.2) is 39.4 Å². The molecule has 0 aliphatic rings. The lowest BCUT2D eigenvalue weighted by molar-refractivity contribution is -0.113. The Morgan fingerprint density at radius 2 is 1.65 bits per heavy atom. The number of nitrogens with one attached hydrogen (secondary N) is 2. The predicted octanol–water partition coefficient (Wildman–Crippen LogP) is 5.85. The van der Waals surface area contributed by atoms with E-state index in [1.165, 1.54) is 11.8 Å². The number of amides is 2. The van der Waals surface area contributed by atoms with Crippen LogP contribution in [0.3, 0.4) is 0 Å². The van der Waals surface area contributed by atoms with Crippen LogP contribution in [0.2, 0.25) is 0 Å². The fraction of sp³-hybridized carbons (Fsp3) is 0.290. The molecule has 0 fully saturated rings. The van der Waals surface area contributed by atoms with E-state index in [-0.39, 0.29) is 29.5 Å². The summed E-state index contributed by atoms with van der Waals surface area (Å²) in [4.78, 5) is 25.6. The van der Waals surface area contributed by atoms with Crippen molar-refractivity contribution in [2.45, 2.75) is 51.7 Å². The van der Waals surface area contributed by atoms with Gasteiger partial charge in [-0.1, -0.05) is 56.8 Å². The Balaban J connectivity index is 1.51. The van der Waals surface area contributed by atoms with Gasteiger partial charge in [-0.3, -0.25) is 14.2 Å². The summed E-state index contributed by atoms with van der Waals surface area (Å²) < 4.78 is 7.08. The summed E-state index contributed by atoms with van der Waals surface area (Å²) in [7, 11) is 1.60. The number of hydrogen-bond donors (Lipinski definition) is 2. The molecule has 0 unspecified atom stereocenters. The van der Waals surface area contributed by atoms with Crippen molar-refractivity contribution in [1.82, 2.24) is 20.1 Å². The van der Waals surface area contributed by atoms with Crippen LogP contribution < -0.4 is 15.4 Å². The van der Waals surface area contributed by atoms with Crippen LogP contribution in [0.5, 0.6) is 5.75 Å². The van der Waals surface area contributed by atoms with Crippen molar-refractivity contribution in [2.75, 3.05) is 18.2 Å². The number of carbonyl (C=O) groups excluding carboxylic acids is 2. The molecule has 3 aromatic carbocycles. The van der Waals surface area contributed by atoms with E-state index < -0.39 is 0 Å². The zero-order valence-electron chi connectivity index (χ0n) is 23.7. The number of carbonyl (C=O) groups is 2. The predicted molar refractivity (Wildman–Crippen MR) is 159 cm³/mol. The van der Waals surface area contributed by atoms with E-state index in [0.717, 1.165) is 28.1 Å². The second kappa shape index (κ2) is 12.4. The molecule has 0 radical (unpaired) electrons. The summed E-state index contributed by atoms with van der Waals surface area (Å²) in [5, 5.41) is 15.2. The highest BCUT2D eigenvalue weighted by Gasteiger charge is 2.19. The van der Waals surface area contributed by atoms with E-state index in [9.17, 15) is 9.59 Å². The average molecular weight is 558 g/mol. The van der Waals surface area contributed by atoms with E-state index in [4.69, 9.17) is 4.74 Å². The molecule has 0 bridgehead atoms. The van der Waals surface area contributed by atoms with Gasteiger partial charge < -0.3 is 15.4 Å². The maximum absolute atomic E-state index is 12.9. The Morgan fingerprint density at radius 1 is 0.950 bits per heavy atom. The van der Waals surface area contributed by atoms with Crippen molar-refractivity contribution in [2.24, 2.45) is 0 Å². The van der Waals surface area contributed by atoms with E-state index in [1.807, 2.05) is 54.8 Å². The van der Waals surface area contributed by atoms with Gasteiger partial charge in [0.2, 0.25) is 5.91 Å². The van der Waals surface area contributed by atoms with Crippen molar-refractivity contribution < 1.29 is 14.3 Å². The quantitative estimate of drug-likeness (QED) is 0.251. The molecule has 0 aliphatic carbocycles. The van der Waals surface area contributed by atoms with Gasteiger partial charge in [-0.15, -0.1) is 10.2 Å². The zero-order chi connectivity index (χ0) is 28.9. The molecule has 0 saturated carbocycles. The van der Waals surface area contributed by atoms with Gasteiger partial charge in [0.25, 0.3) is 5.91 Å². The third-order valence-electron chi connectivity index (χ3n) is 6.43. The van der Waals surface area contributed by atoms with Crippen LogP contribution in [0.1, 0.15) is 53.6 Å². The Kier molecular flexibility index (Phi) is 8.94. The van der Waals surface area contributed by atoms with Crippen molar-refractivity contribution in [3.8, 4) is 11.4 Å². The van der Waals surface area contributed by atoms with Crippen LogP contribution >= 0.6 is 11.8 Å². The number of hydrogen-bond acceptors (Lipinski definition) is 6. The van der Waals surface area contributed by atoms with E-state index in [1.54, 1.807) is 31.4 Å². The Labute approximate surface area is 239 Å². The van der Waals surface area contributed by atoms with E-state index in [2.05, 4.69) is 47.7 Å². The molecule has 1 heterocycles. The van der Waals surface area contributed by atoms with Gasteiger partial charge in [0.05, 0.1) is 25.1 Å². The van der Waals surface area contributed by atoms with Crippen molar-refractivity contribution in [1.29, 1.82) is 0 Å². The lowest BCUT2D eigenvalue weighted by Gasteiger charge is -2.19. The summed E-state index contributed by atoms with van der Waals surface area (Å²) >= 11 is 1.29. The van der Waals surface area contributed by atoms with Gasteiger partial charge in [0.15, 0.2) is 11.0 Å². The lowest BCUT2D eigenvalue weighted by atomic mass is 9.87. The van der Waals surface area contributed by atoms with Crippen molar-refractivity contribution >= 4 is 29.3 Å². The second-order valence-corrected chi connectivity index (χ2v) is 11.5. The van der Waals surface area contributed by atoms with Crippen molar-refractivity contribution in [3.05, 3.63) is 94.8 Å². The molecular formula is C31H35N5O3S. The highest BCUT2D eigenvalue weighted by atomic mass is 32.2. The van der Waals surface area contributed by atoms with Crippen LogP contribution in [-0.2, 0) is 16.8 Å². The number of methoxy groups -OCH3 is 1. The van der Waals surface area contributed by atoms with Gasteiger partial charge in [0, 0.05) is 11.3 Å². The Hall–Kier alpha value is -4.11. The molecule has 4 rings (SSSR count). The number of aromatic nitrogens is 3. The fourth-order valence-corrected chi connectivity index (χ4v) is 4.86. The van der Waals surface area contributed by atoms with Crippen LogP contribution in [0, 0.1) is 13.8 Å². The SMILES string of the molecule is COc1ccc(NC(=O)CSc2nnc(CNC(=O)c3ccc(C(C)(C)C)cc3)n2-c2cc(C)ccc2C)cc1. The average Bonchev–Trinajstić information content (AvgIpc) is 3.34. The molecule has 0 saturated heterocycles. The highest BCUT2D eigenvalue weighted by molar-refractivity contribution is 7.99. The standard InChI is InChI=1S/C31H35N5O3S/c1-20-7-8-21(2)26(17-20)36-27(18-32-29(38)22-9-11-23(12-10-22)31(3,4)5)34-35-30(36)40-19-28(37)33-24-13-15-25(39-6)16-14-24/h7-17H,18-19H2,1-6H3,(H,32,38)(H,33,37). The fourth-order valence-electron chi connectivity index (χ4n) is 4.10. The number of ether oxygens (including phenoxy) is 1. The van der Waals surface area contributed by atoms with E-state index >= 15 is 0 Å². The minimum atomic E-state index is -0.191. The summed E-state index contributed by atoms with van der Waals surface area (Å²) in [6.45, 7) is 10.6. The number of nitrogens with zero attached hydrogens (tertiary/aromatic N) is 3. The number of benzene rings is 3. The maximum atomic E-state index is 12.9. The highest BCUT2D eigenvalue weighted by Crippen LogP contribution is 2.26. The van der Waals surface area contributed by atoms with Crippen LogP contribution in [0.4, 0.5) is 5.69 Å². The summed E-state index contributed by atoms with van der Waals surface area (Å²) in [5.74, 6) is 1.08. The second-order valence-electron chi connectivity index (χ2n) is 10.6. The molecule has 40 heavy (non-hydrogen) atoms. The monoisotopic (exact) mass is 557 g/mol. The summed E-state index contributed by atoms with van der Waals surface area (Å²) in [5.41, 5.74) is 5.45. The molecule has 1 aromatic heterocycles. The first-order valence-electron chi connectivity index (χ1n) is 13.0. The number of thioether (sulfide) groups is 1. The largest absolute Gasteiger partial charge is 0.497 e. The molecule has 0 aliphatic heterocycles. The first kappa shape index (κ1) is 28.9. The third-order valence-corrected chi connectivity index (χ3v) is 7.36. The lowest BCUT2D eigenvalue weighted by Crippen LogP contribution is -2.25. The molecule has 0 spiro atoms. The molecule has 9 heteroatoms. The van der Waals surface area contributed by atoms with Crippen LogP contribution in [0.15, 0.2) is 71.9 Å². The van der Waals surface area contributed by atoms with Gasteiger partial charge in [-0.25, -0.2) is 0 Å². The number of aryl methyl sites for hydroxylation is 2.